The number of likely N-dealkylation sites (N-methyl/N-ethyl adjacent to an activating group) is 1. The minimum atomic E-state index is -3.25. The molecular formula is C33H41FN5O7P. The lowest BCUT2D eigenvalue weighted by Crippen LogP contribution is -2.38. The zero-order valence-corrected chi connectivity index (χ0v) is 28.3. The Bertz CT molecular complexity index is 1700. The molecule has 0 aliphatic carbocycles. The van der Waals surface area contributed by atoms with Crippen molar-refractivity contribution in [2.24, 2.45) is 0 Å². The molecule has 3 aromatic rings. The second-order valence-electron chi connectivity index (χ2n) is 11.4. The number of hydrogen-bond acceptors (Lipinski definition) is 7. The monoisotopic (exact) mass is 669 g/mol. The van der Waals surface area contributed by atoms with Gasteiger partial charge in [0, 0.05) is 55.4 Å². The van der Waals surface area contributed by atoms with Crippen molar-refractivity contribution in [2.45, 2.75) is 47.3 Å². The summed E-state index contributed by atoms with van der Waals surface area (Å²) in [4.78, 5) is 43.1. The zero-order valence-electron chi connectivity index (χ0n) is 27.4. The summed E-state index contributed by atoms with van der Waals surface area (Å²) in [5.41, 5.74) is 4.20. The first-order valence-electron chi connectivity index (χ1n) is 15.2. The average Bonchev–Trinajstić information content (AvgIpc) is 3.47. The van der Waals surface area contributed by atoms with E-state index in [0.717, 1.165) is 0 Å². The van der Waals surface area contributed by atoms with Crippen molar-refractivity contribution in [1.82, 2.24) is 20.3 Å². The van der Waals surface area contributed by atoms with Crippen LogP contribution in [0, 0.1) is 19.7 Å². The predicted octanol–water partition coefficient (Wildman–Crippen LogP) is 5.83. The quantitative estimate of drug-likeness (QED) is 0.124. The maximum Gasteiger partial charge on any atom is 0.410 e. The zero-order chi connectivity index (χ0) is 34.3. The highest BCUT2D eigenvalue weighted by atomic mass is 31.2. The summed E-state index contributed by atoms with van der Waals surface area (Å²) in [5.74, 6) is -0.762. The van der Waals surface area contributed by atoms with Crippen molar-refractivity contribution in [1.29, 1.82) is 0 Å². The van der Waals surface area contributed by atoms with Gasteiger partial charge in [-0.3, -0.25) is 14.2 Å². The Labute approximate surface area is 273 Å². The number of anilines is 1. The van der Waals surface area contributed by atoms with E-state index in [1.807, 2.05) is 20.8 Å². The lowest BCUT2D eigenvalue weighted by Gasteiger charge is -2.22. The lowest BCUT2D eigenvalue weighted by atomic mass is 10.0. The summed E-state index contributed by atoms with van der Waals surface area (Å²) in [7, 11) is -1.80. The molecule has 1 aliphatic heterocycles. The van der Waals surface area contributed by atoms with Crippen molar-refractivity contribution in [3.05, 3.63) is 81.9 Å². The number of nitrogens with zero attached hydrogens (tertiary/aromatic N) is 1. The van der Waals surface area contributed by atoms with E-state index in [9.17, 15) is 23.3 Å². The Morgan fingerprint density at radius 1 is 1.13 bits per heavy atom. The Morgan fingerprint density at radius 2 is 1.85 bits per heavy atom. The SMILES string of the molecule is CCN(CCNC(=O)c1c(C)[nH]c(/C=C2\C(=O)Nc3ccc(F)cc32)c1C)C(=O)OCc1ccc(OP(=O)(COC)NC(C)C)cc1. The van der Waals surface area contributed by atoms with Crippen LogP contribution in [0.2, 0.25) is 0 Å². The molecule has 0 bridgehead atoms. The number of ether oxygens (including phenoxy) is 2. The molecule has 47 heavy (non-hydrogen) atoms. The molecule has 0 spiro atoms. The molecule has 1 unspecified atom stereocenters. The Morgan fingerprint density at radius 3 is 2.51 bits per heavy atom. The van der Waals surface area contributed by atoms with Crippen LogP contribution in [0.15, 0.2) is 42.5 Å². The summed E-state index contributed by atoms with van der Waals surface area (Å²) < 4.78 is 43.1. The highest BCUT2D eigenvalue weighted by Crippen LogP contribution is 2.43. The fourth-order valence-corrected chi connectivity index (χ4v) is 6.95. The molecule has 14 heteroatoms. The number of halogens is 1. The van der Waals surface area contributed by atoms with Crippen LogP contribution in [0.3, 0.4) is 0 Å². The third-order valence-electron chi connectivity index (χ3n) is 7.36. The van der Waals surface area contributed by atoms with E-state index in [-0.39, 0.29) is 43.9 Å². The highest BCUT2D eigenvalue weighted by Gasteiger charge is 2.27. The van der Waals surface area contributed by atoms with Gasteiger partial charge in [-0.15, -0.1) is 0 Å². The van der Waals surface area contributed by atoms with E-state index in [0.29, 0.717) is 57.2 Å². The number of carbonyl (C=O) groups excluding carboxylic acids is 3. The van der Waals surface area contributed by atoms with Gasteiger partial charge in [0.2, 0.25) is 0 Å². The van der Waals surface area contributed by atoms with E-state index < -0.39 is 19.4 Å². The first-order chi connectivity index (χ1) is 22.3. The highest BCUT2D eigenvalue weighted by molar-refractivity contribution is 7.57. The predicted molar refractivity (Wildman–Crippen MR) is 178 cm³/mol. The molecule has 4 rings (SSSR count). The minimum absolute atomic E-state index is 0.0110. The molecule has 4 N–H and O–H groups in total. The standard InChI is InChI=1S/C33H41FN5O7P/c1-7-39(33(42)45-18-23-8-11-25(12-9-23)46-47(43,19-44-6)38-20(2)3)15-14-35-32(41)30-21(4)29(36-22(30)5)17-27-26-16-24(34)10-13-28(26)37-31(27)40/h8-13,16-17,20,36H,7,14-15,18-19H2,1-6H3,(H,35,41)(H,37,40)(H,38,43)/b27-17-. The number of rotatable bonds is 14. The molecule has 2 heterocycles. The van der Waals surface area contributed by atoms with Crippen LogP contribution >= 0.6 is 7.52 Å². The van der Waals surface area contributed by atoms with Gasteiger partial charge in [0.1, 0.15) is 24.5 Å². The van der Waals surface area contributed by atoms with Crippen molar-refractivity contribution < 1.29 is 37.3 Å². The van der Waals surface area contributed by atoms with Crippen LogP contribution in [0.5, 0.6) is 5.75 Å². The number of nitrogens with one attached hydrogen (secondary N) is 4. The second kappa shape index (κ2) is 15.4. The summed E-state index contributed by atoms with van der Waals surface area (Å²) in [6, 6.07) is 10.7. The van der Waals surface area contributed by atoms with Gasteiger partial charge in [-0.25, -0.2) is 14.3 Å². The number of H-pyrrole nitrogens is 1. The molecule has 1 atom stereocenters. The van der Waals surface area contributed by atoms with E-state index in [2.05, 4.69) is 20.7 Å². The van der Waals surface area contributed by atoms with Crippen molar-refractivity contribution >= 4 is 42.8 Å². The first-order valence-corrected chi connectivity index (χ1v) is 17.0. The maximum atomic E-state index is 13.9. The van der Waals surface area contributed by atoms with Gasteiger partial charge in [0.05, 0.1) is 11.1 Å². The first kappa shape index (κ1) is 35.4. The van der Waals surface area contributed by atoms with E-state index in [4.69, 9.17) is 14.0 Å². The van der Waals surface area contributed by atoms with Gasteiger partial charge in [-0.1, -0.05) is 12.1 Å². The number of benzene rings is 2. The topological polar surface area (TPSA) is 151 Å². The third kappa shape index (κ3) is 8.88. The molecule has 0 saturated carbocycles. The number of amides is 3. The second-order valence-corrected chi connectivity index (χ2v) is 13.4. The van der Waals surface area contributed by atoms with Crippen LogP contribution in [0.25, 0.3) is 11.6 Å². The number of fused-ring (bicyclic) bond motifs is 1. The Kier molecular flexibility index (Phi) is 11.6. The molecular weight excluding hydrogens is 628 g/mol. The lowest BCUT2D eigenvalue weighted by molar-refractivity contribution is -0.110. The van der Waals surface area contributed by atoms with Crippen LogP contribution < -0.4 is 20.2 Å². The number of aromatic amines is 1. The summed E-state index contributed by atoms with van der Waals surface area (Å²) in [6.07, 6.45) is 0.988. The van der Waals surface area contributed by atoms with E-state index >= 15 is 0 Å². The number of methoxy groups -OCH3 is 1. The Balaban J connectivity index is 1.30. The normalized spacial score (nSPS) is 14.5. The summed E-state index contributed by atoms with van der Waals surface area (Å²) in [6.45, 7) is 9.81. The number of hydrogen-bond donors (Lipinski definition) is 4. The largest absolute Gasteiger partial charge is 0.445 e. The number of carbonyl (C=O) groups is 3. The molecule has 0 radical (unpaired) electrons. The molecule has 3 amide bonds. The molecule has 1 aliphatic rings. The maximum absolute atomic E-state index is 13.9. The van der Waals surface area contributed by atoms with Gasteiger partial charge >= 0.3 is 13.6 Å². The summed E-state index contributed by atoms with van der Waals surface area (Å²) >= 11 is 0. The molecule has 0 saturated heterocycles. The van der Waals surface area contributed by atoms with Gasteiger partial charge < -0.3 is 34.5 Å². The smallest absolute Gasteiger partial charge is 0.410 e. The average molecular weight is 670 g/mol. The Hall–Kier alpha value is -4.45. The van der Waals surface area contributed by atoms with Crippen LogP contribution in [-0.4, -0.2) is 66.9 Å². The molecule has 2 aromatic carbocycles. The molecule has 0 fully saturated rings. The van der Waals surface area contributed by atoms with Crippen molar-refractivity contribution in [3.8, 4) is 5.75 Å². The number of aryl methyl sites for hydroxylation is 1. The van der Waals surface area contributed by atoms with E-state index in [1.54, 1.807) is 44.2 Å². The van der Waals surface area contributed by atoms with Gasteiger partial charge in [0.25, 0.3) is 11.8 Å². The van der Waals surface area contributed by atoms with Gasteiger partial charge in [-0.05, 0) is 82.2 Å². The van der Waals surface area contributed by atoms with Crippen LogP contribution in [0.1, 0.15) is 59.2 Å². The minimum Gasteiger partial charge on any atom is -0.445 e. The fourth-order valence-electron chi connectivity index (χ4n) is 5.18. The molecule has 1 aromatic heterocycles. The van der Waals surface area contributed by atoms with Crippen LogP contribution in [0.4, 0.5) is 14.9 Å². The number of aromatic nitrogens is 1. The van der Waals surface area contributed by atoms with Crippen molar-refractivity contribution in [3.63, 3.8) is 0 Å². The van der Waals surface area contributed by atoms with Crippen LogP contribution in [-0.2, 0) is 25.4 Å². The van der Waals surface area contributed by atoms with E-state index in [1.165, 1.54) is 30.2 Å². The summed E-state index contributed by atoms with van der Waals surface area (Å²) in [5, 5.41) is 8.49. The molecule has 12 nitrogen and oxygen atoms in total. The third-order valence-corrected chi connectivity index (χ3v) is 9.37. The van der Waals surface area contributed by atoms with Gasteiger partial charge in [0.15, 0.2) is 0 Å². The fraction of sp³-hybridized carbons (Fsp3) is 0.364. The van der Waals surface area contributed by atoms with Gasteiger partial charge in [-0.2, -0.15) is 0 Å². The van der Waals surface area contributed by atoms with Crippen molar-refractivity contribution in [2.75, 3.05) is 38.4 Å². The molecule has 252 valence electrons.